The number of benzene rings is 3. The molecular formula is C76H100BrN16O26+. The van der Waals surface area contributed by atoms with E-state index >= 15 is 9.59 Å². The molecule has 0 unspecified atom stereocenters. The summed E-state index contributed by atoms with van der Waals surface area (Å²) in [5.74, 6) is -21.6. The molecule has 646 valence electrons. The third-order valence-electron chi connectivity index (χ3n) is 19.5. The van der Waals surface area contributed by atoms with Crippen molar-refractivity contribution in [3.05, 3.63) is 142 Å². The Morgan fingerprint density at radius 3 is 1.84 bits per heavy atom. The topological polar surface area (TPSA) is 662 Å². The van der Waals surface area contributed by atoms with Crippen LogP contribution in [-0.2, 0) is 101 Å². The number of hydrogen-bond acceptors (Lipinski definition) is 26. The predicted molar refractivity (Wildman–Crippen MR) is 415 cm³/mol. The van der Waals surface area contributed by atoms with Crippen molar-refractivity contribution in [2.45, 2.75) is 194 Å². The monoisotopic (exact) mass is 1730 g/mol. The van der Waals surface area contributed by atoms with E-state index in [0.29, 0.717) is 21.2 Å². The van der Waals surface area contributed by atoms with Gasteiger partial charge in [0.25, 0.3) is 5.91 Å². The Labute approximate surface area is 688 Å². The zero-order chi connectivity index (χ0) is 87.6. The number of methoxy groups -OCH3 is 1. The molecule has 4 heterocycles. The number of fused-ring (bicyclic) bond motifs is 2. The summed E-state index contributed by atoms with van der Waals surface area (Å²) in [4.78, 5) is 215. The maximum atomic E-state index is 15.3. The number of halogens is 1. The second-order valence-electron chi connectivity index (χ2n) is 28.6. The molecule has 42 nitrogen and oxygen atoms in total. The molecule has 1 fully saturated rings. The third-order valence-corrected chi connectivity index (χ3v) is 20.0. The molecule has 20 atom stereocenters. The summed E-state index contributed by atoms with van der Waals surface area (Å²) in [6.07, 6.45) is -15.0. The molecule has 0 spiro atoms. The van der Waals surface area contributed by atoms with Gasteiger partial charge in [-0.3, -0.25) is 67.1 Å². The van der Waals surface area contributed by atoms with E-state index in [0.717, 1.165) is 41.3 Å². The number of nitrogens with zero attached hydrogens (tertiary/aromatic N) is 2. The number of aromatic nitrogens is 2. The molecule has 3 aliphatic rings. The van der Waals surface area contributed by atoms with Crippen LogP contribution in [0.15, 0.2) is 120 Å². The third kappa shape index (κ3) is 27.5. The van der Waals surface area contributed by atoms with Crippen LogP contribution < -0.4 is 79.8 Å². The average molecular weight is 1730 g/mol. The number of β-amino-alcohol motifs (C(OH)–C–C–N with tert-alkyl or cyclic N) is 1. The fraction of sp³-hybridized carbons (Fsp3) is 0.474. The first-order valence-corrected chi connectivity index (χ1v) is 38.4. The van der Waals surface area contributed by atoms with Crippen molar-refractivity contribution >= 4 is 111 Å². The SMILES string of the molecule is COC(=O)[C@@H]1CCCC(=O)N[C@H]2Cc3c[n+](cn3[C@H]3OC[C@@H](O)[C@@H](O)[C@@H]3O)C[C@@H](NC(=O)[C@H](CO)NC(=O)C[C@H]([C@@H](O)/C=C(C)/C=C/c3ccccc3)NC(=O)[C@H](Cc3ccccc3)NC(=O)[C@H](CO)NC(=O)[C@H]([C@H](C)O)NC2=O)C(=O)N[C@@H](CC(N)=O)C(=O)N[C@@H]([C@@H](O)C(N)=O)C(=O)N[C@@H]([C@@H](C)c2ccc(Br)cc2)C(=O)NC[C@@H](O)C(=O)N1. The standard InChI is InChI=1S/C76H99BrN16O26/c1-36(18-19-39-12-7-5-8-13-39)24-52(97)45-28-57(102)82-50(32-94)69(111)87-49-31-92-30-43(93(35-92)75-63(105)61(103)54(99)34-119-75)26-47(66(108)90-59(38(3)96)73(115)88-51(33-95)70(112)85-46(65(107)84-45)25-40-14-9-6-10-15-40)81-56(101)17-11-16-44(76(117)118-4)83-71(113)53(98)29-80-72(114)58(37(2)41-20-22-42(77)23-21-41)89-74(116)60(62(104)64(79)106)91-67(109)48(27-55(78)100)86-68(49)110/h5-10,12-15,18-24,30,35,37-38,44-54,58-63,75,94-99,103-105H,11,16-17,25-29,31-34H2,1-4H3,(H15-,78,79,80,81,82,83,84,85,86,87,88,89,90,91,100,101,102,106,107,108,109,110,111,112,113,114,115,116)/p+1/b19-18+,36-24+/t37-,38-,44-,45+,46-,47-,48-,49+,50-,51-,52-,53+,54+,58-,59-,60-,61+,62+,63-,75-/m0/s1. The van der Waals surface area contributed by atoms with Crippen molar-refractivity contribution in [3.63, 3.8) is 0 Å². The van der Waals surface area contributed by atoms with Gasteiger partial charge in [0.15, 0.2) is 6.10 Å². The first-order valence-electron chi connectivity index (χ1n) is 37.6. The lowest BCUT2D eigenvalue weighted by atomic mass is 9.92. The highest BCUT2D eigenvalue weighted by Crippen LogP contribution is 2.27. The van der Waals surface area contributed by atoms with Crippen LogP contribution in [0.1, 0.15) is 87.4 Å². The molecule has 0 aliphatic carbocycles. The van der Waals surface area contributed by atoms with Gasteiger partial charge in [-0.15, -0.1) is 0 Å². The lowest BCUT2D eigenvalue weighted by Crippen LogP contribution is -2.64. The number of ether oxygens (including phenoxy) is 2. The quantitative estimate of drug-likeness (QED) is 0.0265. The van der Waals surface area contributed by atoms with Gasteiger partial charge in [0.2, 0.25) is 89.3 Å². The van der Waals surface area contributed by atoms with Crippen molar-refractivity contribution in [3.8, 4) is 0 Å². The van der Waals surface area contributed by atoms with E-state index in [9.17, 15) is 108 Å². The van der Waals surface area contributed by atoms with Crippen molar-refractivity contribution in [2.75, 3.05) is 33.5 Å². The molecule has 0 saturated carbocycles. The minimum absolute atomic E-state index is 0.306. The number of aliphatic hydroxyl groups excluding tert-OH is 9. The number of primary amides is 2. The van der Waals surface area contributed by atoms with E-state index in [2.05, 4.69) is 74.4 Å². The maximum absolute atomic E-state index is 15.3. The van der Waals surface area contributed by atoms with E-state index in [1.807, 2.05) is 5.32 Å². The number of nitrogens with one attached hydrogen (secondary N) is 12. The van der Waals surface area contributed by atoms with Crippen molar-refractivity contribution < 1.29 is 132 Å². The Bertz CT molecular complexity index is 4350. The highest BCUT2D eigenvalue weighted by atomic mass is 79.9. The molecule has 4 bridgehead atoms. The van der Waals surface area contributed by atoms with Gasteiger partial charge in [0.1, 0.15) is 103 Å². The number of rotatable bonds is 17. The van der Waals surface area contributed by atoms with Crippen molar-refractivity contribution in [1.29, 1.82) is 0 Å². The highest BCUT2D eigenvalue weighted by molar-refractivity contribution is 9.10. The largest absolute Gasteiger partial charge is 0.467 e. The van der Waals surface area contributed by atoms with Gasteiger partial charge in [-0.05, 0) is 55.5 Å². The summed E-state index contributed by atoms with van der Waals surface area (Å²) in [5.41, 5.74) is 12.6. The number of amides is 14. The van der Waals surface area contributed by atoms with Gasteiger partial charge in [0, 0.05) is 36.1 Å². The number of aliphatic hydroxyl groups is 9. The van der Waals surface area contributed by atoms with Crippen LogP contribution in [-0.4, -0.2) is 282 Å². The van der Waals surface area contributed by atoms with Crippen LogP contribution in [0, 0.1) is 0 Å². The van der Waals surface area contributed by atoms with Crippen LogP contribution in [0.25, 0.3) is 6.08 Å². The van der Waals surface area contributed by atoms with Crippen LogP contribution in [0.3, 0.4) is 0 Å². The molecule has 14 amide bonds. The maximum Gasteiger partial charge on any atom is 0.328 e. The lowest BCUT2D eigenvalue weighted by Gasteiger charge is -2.33. The van der Waals surface area contributed by atoms with Crippen LogP contribution >= 0.6 is 15.9 Å². The van der Waals surface area contributed by atoms with Crippen LogP contribution in [0.2, 0.25) is 0 Å². The van der Waals surface area contributed by atoms with Gasteiger partial charge in [0.05, 0.1) is 58.1 Å². The number of allylic oxidation sites excluding steroid dienone is 2. The summed E-state index contributed by atoms with van der Waals surface area (Å²) in [5, 5.41) is 129. The van der Waals surface area contributed by atoms with Gasteiger partial charge < -0.3 is 131 Å². The van der Waals surface area contributed by atoms with E-state index in [4.69, 9.17) is 20.9 Å². The summed E-state index contributed by atoms with van der Waals surface area (Å²) in [6.45, 7) is -1.32. The summed E-state index contributed by atoms with van der Waals surface area (Å²) in [7, 11) is 0.928. The predicted octanol–water partition coefficient (Wildman–Crippen LogP) is -9.58. The lowest BCUT2D eigenvalue weighted by molar-refractivity contribution is -0.697. The van der Waals surface area contributed by atoms with Crippen molar-refractivity contribution in [1.82, 2.24) is 68.4 Å². The molecule has 3 aromatic carbocycles. The molecule has 43 heteroatoms. The summed E-state index contributed by atoms with van der Waals surface area (Å²) in [6, 6.07) is 0.191. The second kappa shape index (κ2) is 44.9. The summed E-state index contributed by atoms with van der Waals surface area (Å²) >= 11 is 3.30. The van der Waals surface area contributed by atoms with Gasteiger partial charge in [-0.1, -0.05) is 119 Å². The summed E-state index contributed by atoms with van der Waals surface area (Å²) < 4.78 is 13.3. The molecule has 25 N–H and O–H groups in total. The first kappa shape index (κ1) is 94.6. The Kier molecular flexibility index (Phi) is 35.7. The normalized spacial score (nSPS) is 27.8. The number of nitrogens with two attached hydrogens (primary N) is 2. The number of carbonyl (C=O) groups excluding carboxylic acids is 15. The molecule has 1 aromatic heterocycles. The zero-order valence-electron chi connectivity index (χ0n) is 64.9. The van der Waals surface area contributed by atoms with E-state index in [1.54, 1.807) is 91.9 Å². The van der Waals surface area contributed by atoms with Crippen LogP contribution in [0.5, 0.6) is 0 Å². The fourth-order valence-corrected chi connectivity index (χ4v) is 13.1. The van der Waals surface area contributed by atoms with E-state index in [-0.39, 0.29) is 12.1 Å². The van der Waals surface area contributed by atoms with Crippen LogP contribution in [0.4, 0.5) is 0 Å². The van der Waals surface area contributed by atoms with Gasteiger partial charge in [-0.2, -0.15) is 0 Å². The molecule has 119 heavy (non-hydrogen) atoms. The smallest absolute Gasteiger partial charge is 0.328 e. The minimum Gasteiger partial charge on any atom is -0.467 e. The average Bonchev–Trinajstić information content (AvgIpc) is 1.77. The molecule has 0 radical (unpaired) electrons. The van der Waals surface area contributed by atoms with Crippen molar-refractivity contribution in [2.24, 2.45) is 11.5 Å². The molecule has 1 saturated heterocycles. The second-order valence-corrected chi connectivity index (χ2v) is 29.5. The fourth-order valence-electron chi connectivity index (χ4n) is 12.8. The molecule has 7 rings (SSSR count). The molecule has 3 aliphatic heterocycles. The number of imidazole rings is 1. The molecular weight excluding hydrogens is 1630 g/mol. The van der Waals surface area contributed by atoms with Gasteiger partial charge in [-0.25, -0.2) is 13.9 Å². The zero-order valence-corrected chi connectivity index (χ0v) is 66.5. The Morgan fingerprint density at radius 2 is 1.21 bits per heavy atom. The number of carbonyl (C=O) groups is 15. The number of esters is 1. The number of hydrogen-bond donors (Lipinski definition) is 23. The van der Waals surface area contributed by atoms with E-state index in [1.165, 1.54) is 25.1 Å². The Balaban J connectivity index is 1.43. The minimum atomic E-state index is -2.74. The Hall–Kier alpha value is -11.5. The first-order chi connectivity index (χ1) is 56.4. The molecule has 4 aromatic rings. The Morgan fingerprint density at radius 1 is 0.630 bits per heavy atom. The van der Waals surface area contributed by atoms with Gasteiger partial charge >= 0.3 is 5.97 Å². The highest BCUT2D eigenvalue weighted by Gasteiger charge is 2.46. The van der Waals surface area contributed by atoms with E-state index < -0.39 is 281 Å².